The van der Waals surface area contributed by atoms with Gasteiger partial charge in [-0.25, -0.2) is 0 Å². The van der Waals surface area contributed by atoms with Gasteiger partial charge in [0.1, 0.15) is 5.69 Å². The van der Waals surface area contributed by atoms with Crippen molar-refractivity contribution in [1.82, 2.24) is 0 Å². The molecule has 0 radical (unpaired) electrons. The summed E-state index contributed by atoms with van der Waals surface area (Å²) in [5, 5.41) is 3.20. The molecule has 0 aromatic heterocycles. The average Bonchev–Trinajstić information content (AvgIpc) is 2.75. The molecule has 0 amide bonds. The lowest BCUT2D eigenvalue weighted by Gasteiger charge is -2.35. The molecule has 0 atom stereocenters. The second-order valence-electron chi connectivity index (χ2n) is 7.70. The van der Waals surface area contributed by atoms with Crippen LogP contribution in [0.5, 0.6) is 0 Å². The summed E-state index contributed by atoms with van der Waals surface area (Å²) in [5.41, 5.74) is 13.2. The number of anilines is 1. The Morgan fingerprint density at radius 1 is 1.00 bits per heavy atom. The molecule has 3 nitrogen and oxygen atoms in total. The first kappa shape index (κ1) is 19.7. The van der Waals surface area contributed by atoms with E-state index >= 15 is 0 Å². The van der Waals surface area contributed by atoms with Gasteiger partial charge in [-0.1, -0.05) is 54.8 Å². The van der Waals surface area contributed by atoms with Crippen LogP contribution < -0.4 is 4.31 Å². The molecular formula is C25H26N2OS. The van der Waals surface area contributed by atoms with E-state index in [0.717, 1.165) is 18.5 Å². The Hall–Kier alpha value is -2.59. The van der Waals surface area contributed by atoms with Crippen LogP contribution in [0.1, 0.15) is 34.7 Å². The zero-order valence-electron chi connectivity index (χ0n) is 17.7. The molecule has 1 aliphatic rings. The normalized spacial score (nSPS) is 12.5. The fourth-order valence-electron chi connectivity index (χ4n) is 4.62. The lowest BCUT2D eigenvalue weighted by atomic mass is 9.81. The second-order valence-corrected chi connectivity index (χ2v) is 8.50. The van der Waals surface area contributed by atoms with Gasteiger partial charge < -0.3 is 4.31 Å². The summed E-state index contributed by atoms with van der Waals surface area (Å²) in [7, 11) is 0. The molecule has 0 saturated heterocycles. The number of hydrogen-bond acceptors (Lipinski definition) is 4. The molecule has 4 rings (SSSR count). The van der Waals surface area contributed by atoms with E-state index in [1.54, 1.807) is 11.9 Å². The Kier molecular flexibility index (Phi) is 5.22. The molecule has 0 aliphatic carbocycles. The molecule has 0 spiro atoms. The SMILES string of the molecule is CCc1c(C)c2c(c(C)c1-c1ccc(C)cc1)-c1cc(N=O)ccc1CN2SC. The molecule has 1 heterocycles. The summed E-state index contributed by atoms with van der Waals surface area (Å²) in [4.78, 5) is 11.2. The van der Waals surface area contributed by atoms with E-state index in [0.29, 0.717) is 5.69 Å². The van der Waals surface area contributed by atoms with Crippen LogP contribution in [0.25, 0.3) is 22.3 Å². The summed E-state index contributed by atoms with van der Waals surface area (Å²) in [6, 6.07) is 14.6. The minimum absolute atomic E-state index is 0.487. The molecule has 0 N–H and O–H groups in total. The van der Waals surface area contributed by atoms with Crippen molar-refractivity contribution in [2.75, 3.05) is 10.6 Å². The van der Waals surface area contributed by atoms with Crippen LogP contribution in [0.15, 0.2) is 47.6 Å². The van der Waals surface area contributed by atoms with E-state index in [2.05, 4.69) is 67.7 Å². The molecule has 3 aromatic carbocycles. The fraction of sp³-hybridized carbons (Fsp3) is 0.280. The van der Waals surface area contributed by atoms with Crippen molar-refractivity contribution in [2.45, 2.75) is 40.7 Å². The van der Waals surface area contributed by atoms with Crippen molar-refractivity contribution in [2.24, 2.45) is 5.18 Å². The molecule has 0 bridgehead atoms. The number of rotatable bonds is 4. The minimum atomic E-state index is 0.487. The molecule has 4 heteroatoms. The molecule has 0 fully saturated rings. The molecule has 0 saturated carbocycles. The third-order valence-corrected chi connectivity index (χ3v) is 6.79. The third-order valence-electron chi connectivity index (χ3n) is 6.04. The van der Waals surface area contributed by atoms with Gasteiger partial charge in [0, 0.05) is 11.8 Å². The first-order valence-electron chi connectivity index (χ1n) is 10.0. The first-order chi connectivity index (χ1) is 14.0. The van der Waals surface area contributed by atoms with Gasteiger partial charge in [0.05, 0.1) is 12.2 Å². The first-order valence-corrected chi connectivity index (χ1v) is 11.2. The number of fused-ring (bicyclic) bond motifs is 3. The summed E-state index contributed by atoms with van der Waals surface area (Å²) in [6.45, 7) is 9.65. The van der Waals surface area contributed by atoms with Gasteiger partial charge in [-0.05, 0) is 83.4 Å². The van der Waals surface area contributed by atoms with Crippen molar-refractivity contribution in [1.29, 1.82) is 0 Å². The van der Waals surface area contributed by atoms with Crippen LogP contribution in [0.2, 0.25) is 0 Å². The Bertz CT molecular complexity index is 1100. The van der Waals surface area contributed by atoms with Crippen molar-refractivity contribution < 1.29 is 0 Å². The maximum atomic E-state index is 11.2. The fourth-order valence-corrected chi connectivity index (χ4v) is 5.30. The van der Waals surface area contributed by atoms with E-state index in [9.17, 15) is 4.91 Å². The maximum absolute atomic E-state index is 11.2. The van der Waals surface area contributed by atoms with Gasteiger partial charge in [-0.3, -0.25) is 0 Å². The molecular weight excluding hydrogens is 376 g/mol. The Morgan fingerprint density at radius 3 is 2.34 bits per heavy atom. The van der Waals surface area contributed by atoms with Crippen LogP contribution in [-0.2, 0) is 13.0 Å². The van der Waals surface area contributed by atoms with Gasteiger partial charge in [0.25, 0.3) is 0 Å². The molecule has 1 aliphatic heterocycles. The van der Waals surface area contributed by atoms with E-state index in [4.69, 9.17) is 0 Å². The lowest BCUT2D eigenvalue weighted by molar-refractivity contribution is 1.01. The zero-order valence-corrected chi connectivity index (χ0v) is 18.5. The standard InChI is InChI=1S/C25H26N2OS/c1-6-21-16(3)25-24(17(4)23(21)18-9-7-15(2)8-10-18)22-13-20(26-28)12-11-19(22)14-27(25)29-5/h7-13H,6,14H2,1-5H3. The van der Waals surface area contributed by atoms with E-state index in [-0.39, 0.29) is 0 Å². The highest BCUT2D eigenvalue weighted by molar-refractivity contribution is 7.99. The predicted molar refractivity (Wildman–Crippen MR) is 126 cm³/mol. The predicted octanol–water partition coefficient (Wildman–Crippen LogP) is 7.50. The molecule has 0 unspecified atom stereocenters. The monoisotopic (exact) mass is 402 g/mol. The highest BCUT2D eigenvalue weighted by Gasteiger charge is 2.29. The van der Waals surface area contributed by atoms with Crippen LogP contribution in [0.3, 0.4) is 0 Å². The van der Waals surface area contributed by atoms with Crippen LogP contribution in [-0.4, -0.2) is 6.26 Å². The van der Waals surface area contributed by atoms with Crippen LogP contribution in [0.4, 0.5) is 11.4 Å². The van der Waals surface area contributed by atoms with Gasteiger partial charge >= 0.3 is 0 Å². The third kappa shape index (κ3) is 3.16. The summed E-state index contributed by atoms with van der Waals surface area (Å²) in [5.74, 6) is 0. The topological polar surface area (TPSA) is 32.7 Å². The zero-order chi connectivity index (χ0) is 20.7. The number of hydrogen-bond donors (Lipinski definition) is 0. The number of nitrogens with zero attached hydrogens (tertiary/aromatic N) is 2. The highest BCUT2D eigenvalue weighted by atomic mass is 32.2. The van der Waals surface area contributed by atoms with Crippen molar-refractivity contribution >= 4 is 23.3 Å². The lowest BCUT2D eigenvalue weighted by Crippen LogP contribution is -2.22. The summed E-state index contributed by atoms with van der Waals surface area (Å²) in [6.07, 6.45) is 3.11. The Labute approximate surface area is 177 Å². The number of benzene rings is 3. The van der Waals surface area contributed by atoms with Crippen molar-refractivity contribution in [3.8, 4) is 22.3 Å². The molecule has 29 heavy (non-hydrogen) atoms. The average molecular weight is 403 g/mol. The van der Waals surface area contributed by atoms with E-state index in [1.807, 2.05) is 18.2 Å². The van der Waals surface area contributed by atoms with Crippen molar-refractivity contribution in [3.63, 3.8) is 0 Å². The molecule has 148 valence electrons. The van der Waals surface area contributed by atoms with Crippen LogP contribution >= 0.6 is 11.9 Å². The highest BCUT2D eigenvalue weighted by Crippen LogP contribution is 2.50. The van der Waals surface area contributed by atoms with E-state index < -0.39 is 0 Å². The van der Waals surface area contributed by atoms with Gasteiger partial charge in [0.2, 0.25) is 0 Å². The largest absolute Gasteiger partial charge is 0.311 e. The van der Waals surface area contributed by atoms with Crippen LogP contribution in [0, 0.1) is 25.7 Å². The maximum Gasteiger partial charge on any atom is 0.108 e. The summed E-state index contributed by atoms with van der Waals surface area (Å²) < 4.78 is 2.38. The summed E-state index contributed by atoms with van der Waals surface area (Å²) >= 11 is 1.76. The molecule has 3 aromatic rings. The second kappa shape index (κ2) is 7.68. The quantitative estimate of drug-likeness (QED) is 0.334. The van der Waals surface area contributed by atoms with E-state index in [1.165, 1.54) is 50.2 Å². The number of aryl methyl sites for hydroxylation is 1. The van der Waals surface area contributed by atoms with Gasteiger partial charge in [0.15, 0.2) is 0 Å². The minimum Gasteiger partial charge on any atom is -0.311 e. The van der Waals surface area contributed by atoms with Gasteiger partial charge in [-0.2, -0.15) is 0 Å². The smallest absolute Gasteiger partial charge is 0.108 e. The Balaban J connectivity index is 2.11. The number of nitroso groups, excluding NO2 is 1. The van der Waals surface area contributed by atoms with Gasteiger partial charge in [-0.15, -0.1) is 4.91 Å². The Morgan fingerprint density at radius 2 is 1.72 bits per heavy atom. The van der Waals surface area contributed by atoms with Crippen molar-refractivity contribution in [3.05, 3.63) is 75.2 Å².